The van der Waals surface area contributed by atoms with Gasteiger partial charge in [-0.05, 0) is 25.8 Å². The van der Waals surface area contributed by atoms with Gasteiger partial charge in [0, 0.05) is 17.8 Å². The van der Waals surface area contributed by atoms with Crippen LogP contribution in [0.15, 0.2) is 12.3 Å². The molecule has 2 nitrogen and oxygen atoms in total. The summed E-state index contributed by atoms with van der Waals surface area (Å²) >= 11 is 0. The molecule has 0 bridgehead atoms. The second kappa shape index (κ2) is 4.19. The largest absolute Gasteiger partial charge is 0.242 e. The number of nitrogens with zero attached hydrogens (tertiary/aromatic N) is 2. The molecular weight excluding hydrogens is 148 g/mol. The molecule has 1 heterocycles. The van der Waals surface area contributed by atoms with E-state index >= 15 is 0 Å². The normalized spacial score (nSPS) is 10.7. The molecule has 0 aromatic carbocycles. The van der Waals surface area contributed by atoms with Gasteiger partial charge in [0.1, 0.15) is 5.82 Å². The van der Waals surface area contributed by atoms with Crippen LogP contribution >= 0.6 is 0 Å². The van der Waals surface area contributed by atoms with Gasteiger partial charge in [0.05, 0.1) is 0 Å². The number of rotatable bonds is 3. The summed E-state index contributed by atoms with van der Waals surface area (Å²) in [5, 5.41) is 0. The number of aryl methyl sites for hydroxylation is 1. The van der Waals surface area contributed by atoms with E-state index in [1.807, 2.05) is 19.2 Å². The smallest absolute Gasteiger partial charge is 0.125 e. The Kier molecular flexibility index (Phi) is 3.20. The third kappa shape index (κ3) is 2.03. The Labute approximate surface area is 74.1 Å². The Morgan fingerprint density at radius 2 is 2.00 bits per heavy atom. The molecule has 1 rings (SSSR count). The summed E-state index contributed by atoms with van der Waals surface area (Å²) in [6.07, 6.45) is 4.16. The van der Waals surface area contributed by atoms with Crippen molar-refractivity contribution in [3.05, 3.63) is 23.8 Å². The SMILES string of the molecule is CCC(CC)c1ccnc(C)n1. The molecule has 0 saturated heterocycles. The fourth-order valence-electron chi connectivity index (χ4n) is 1.41. The van der Waals surface area contributed by atoms with Gasteiger partial charge in [-0.2, -0.15) is 0 Å². The summed E-state index contributed by atoms with van der Waals surface area (Å²) in [5.41, 5.74) is 1.19. The summed E-state index contributed by atoms with van der Waals surface area (Å²) < 4.78 is 0. The molecule has 0 unspecified atom stereocenters. The molecule has 1 aromatic rings. The van der Waals surface area contributed by atoms with E-state index in [1.165, 1.54) is 5.69 Å². The fourth-order valence-corrected chi connectivity index (χ4v) is 1.41. The highest BCUT2D eigenvalue weighted by molar-refractivity contribution is 5.07. The number of aromatic nitrogens is 2. The quantitative estimate of drug-likeness (QED) is 0.686. The lowest BCUT2D eigenvalue weighted by Gasteiger charge is -2.10. The van der Waals surface area contributed by atoms with E-state index in [1.54, 1.807) is 0 Å². The molecule has 0 atom stereocenters. The summed E-state index contributed by atoms with van der Waals surface area (Å²) in [6.45, 7) is 6.34. The maximum Gasteiger partial charge on any atom is 0.125 e. The Morgan fingerprint density at radius 1 is 1.33 bits per heavy atom. The van der Waals surface area contributed by atoms with Crippen molar-refractivity contribution < 1.29 is 0 Å². The standard InChI is InChI=1S/C10H16N2/c1-4-9(5-2)10-6-7-11-8(3)12-10/h6-7,9H,4-5H2,1-3H3. The third-order valence-electron chi connectivity index (χ3n) is 2.20. The van der Waals surface area contributed by atoms with Crippen molar-refractivity contribution in [2.24, 2.45) is 0 Å². The Bertz CT molecular complexity index is 241. The lowest BCUT2D eigenvalue weighted by atomic mass is 9.99. The summed E-state index contributed by atoms with van der Waals surface area (Å²) in [4.78, 5) is 8.48. The van der Waals surface area contributed by atoms with E-state index in [9.17, 15) is 0 Å². The van der Waals surface area contributed by atoms with Crippen LogP contribution in [0.2, 0.25) is 0 Å². The average molecular weight is 164 g/mol. The van der Waals surface area contributed by atoms with Gasteiger partial charge in [-0.25, -0.2) is 9.97 Å². The minimum absolute atomic E-state index is 0.603. The van der Waals surface area contributed by atoms with Crippen molar-refractivity contribution in [2.45, 2.75) is 39.5 Å². The van der Waals surface area contributed by atoms with Crippen LogP contribution < -0.4 is 0 Å². The van der Waals surface area contributed by atoms with E-state index in [0.717, 1.165) is 18.7 Å². The van der Waals surface area contributed by atoms with Gasteiger partial charge < -0.3 is 0 Å². The van der Waals surface area contributed by atoms with Crippen LogP contribution in [-0.2, 0) is 0 Å². The first-order chi connectivity index (χ1) is 5.77. The molecule has 0 saturated carbocycles. The van der Waals surface area contributed by atoms with Gasteiger partial charge in [-0.3, -0.25) is 0 Å². The number of hydrogen-bond acceptors (Lipinski definition) is 2. The molecule has 0 radical (unpaired) electrons. The van der Waals surface area contributed by atoms with E-state index in [0.29, 0.717) is 5.92 Å². The molecule has 1 aromatic heterocycles. The van der Waals surface area contributed by atoms with Crippen molar-refractivity contribution in [2.75, 3.05) is 0 Å². The van der Waals surface area contributed by atoms with Crippen molar-refractivity contribution in [1.29, 1.82) is 0 Å². The van der Waals surface area contributed by atoms with Gasteiger partial charge in [0.15, 0.2) is 0 Å². The van der Waals surface area contributed by atoms with E-state index in [-0.39, 0.29) is 0 Å². The van der Waals surface area contributed by atoms with Crippen molar-refractivity contribution in [3.8, 4) is 0 Å². The van der Waals surface area contributed by atoms with Gasteiger partial charge in [-0.1, -0.05) is 13.8 Å². The first kappa shape index (κ1) is 9.17. The lowest BCUT2D eigenvalue weighted by molar-refractivity contribution is 0.618. The molecule has 12 heavy (non-hydrogen) atoms. The highest BCUT2D eigenvalue weighted by Crippen LogP contribution is 2.19. The van der Waals surface area contributed by atoms with Crippen molar-refractivity contribution in [1.82, 2.24) is 9.97 Å². The highest BCUT2D eigenvalue weighted by Gasteiger charge is 2.07. The second-order valence-corrected chi connectivity index (χ2v) is 3.04. The van der Waals surface area contributed by atoms with Crippen LogP contribution in [0.5, 0.6) is 0 Å². The van der Waals surface area contributed by atoms with Crippen LogP contribution in [0.25, 0.3) is 0 Å². The highest BCUT2D eigenvalue weighted by atomic mass is 14.9. The maximum atomic E-state index is 4.40. The minimum Gasteiger partial charge on any atom is -0.242 e. The number of hydrogen-bond donors (Lipinski definition) is 0. The van der Waals surface area contributed by atoms with Crippen LogP contribution in [0.1, 0.15) is 44.1 Å². The molecule has 0 aliphatic rings. The maximum absolute atomic E-state index is 4.40. The fraction of sp³-hybridized carbons (Fsp3) is 0.600. The van der Waals surface area contributed by atoms with Crippen molar-refractivity contribution >= 4 is 0 Å². The van der Waals surface area contributed by atoms with Crippen LogP contribution in [-0.4, -0.2) is 9.97 Å². The monoisotopic (exact) mass is 164 g/mol. The van der Waals surface area contributed by atoms with Crippen LogP contribution in [0.4, 0.5) is 0 Å². The van der Waals surface area contributed by atoms with Crippen LogP contribution in [0, 0.1) is 6.92 Å². The molecule has 0 aliphatic heterocycles. The first-order valence-corrected chi connectivity index (χ1v) is 4.57. The molecule has 0 spiro atoms. The summed E-state index contributed by atoms with van der Waals surface area (Å²) in [5.74, 6) is 1.48. The average Bonchev–Trinajstić information content (AvgIpc) is 2.07. The minimum atomic E-state index is 0.603. The zero-order valence-corrected chi connectivity index (χ0v) is 8.04. The Hall–Kier alpha value is -0.920. The zero-order chi connectivity index (χ0) is 8.97. The second-order valence-electron chi connectivity index (χ2n) is 3.04. The van der Waals surface area contributed by atoms with E-state index < -0.39 is 0 Å². The first-order valence-electron chi connectivity index (χ1n) is 4.57. The van der Waals surface area contributed by atoms with Crippen molar-refractivity contribution in [3.63, 3.8) is 0 Å². The Balaban J connectivity index is 2.85. The molecule has 2 heteroatoms. The van der Waals surface area contributed by atoms with Gasteiger partial charge in [-0.15, -0.1) is 0 Å². The summed E-state index contributed by atoms with van der Waals surface area (Å²) in [7, 11) is 0. The zero-order valence-electron chi connectivity index (χ0n) is 8.04. The van der Waals surface area contributed by atoms with E-state index in [4.69, 9.17) is 0 Å². The predicted molar refractivity (Wildman–Crippen MR) is 50.1 cm³/mol. The van der Waals surface area contributed by atoms with Gasteiger partial charge in [0.25, 0.3) is 0 Å². The lowest BCUT2D eigenvalue weighted by Crippen LogP contribution is -2.00. The third-order valence-corrected chi connectivity index (χ3v) is 2.20. The molecule has 0 aliphatic carbocycles. The predicted octanol–water partition coefficient (Wildman–Crippen LogP) is 2.69. The van der Waals surface area contributed by atoms with E-state index in [2.05, 4.69) is 23.8 Å². The molecular formula is C10H16N2. The van der Waals surface area contributed by atoms with Crippen LogP contribution in [0.3, 0.4) is 0 Å². The molecule has 66 valence electrons. The molecule has 0 amide bonds. The van der Waals surface area contributed by atoms with Gasteiger partial charge >= 0.3 is 0 Å². The topological polar surface area (TPSA) is 25.8 Å². The van der Waals surface area contributed by atoms with Gasteiger partial charge in [0.2, 0.25) is 0 Å². The summed E-state index contributed by atoms with van der Waals surface area (Å²) in [6, 6.07) is 2.02. The Morgan fingerprint density at radius 3 is 2.50 bits per heavy atom. The molecule has 0 N–H and O–H groups in total. The molecule has 0 fully saturated rings.